The Kier molecular flexibility index (Phi) is 4.23. The lowest BCUT2D eigenvalue weighted by Crippen LogP contribution is -2.06. The molecule has 3 aromatic rings. The van der Waals surface area contributed by atoms with E-state index in [1.165, 1.54) is 26.1 Å². The van der Waals surface area contributed by atoms with Gasteiger partial charge in [0, 0.05) is 21.7 Å². The summed E-state index contributed by atoms with van der Waals surface area (Å²) in [7, 11) is 1.98. The zero-order valence-electron chi connectivity index (χ0n) is 12.3. The lowest BCUT2D eigenvalue weighted by Gasteiger charge is -2.08. The molecule has 0 spiro atoms. The Balaban J connectivity index is 1.87. The molecule has 2 aromatic carbocycles. The van der Waals surface area contributed by atoms with Gasteiger partial charge in [-0.05, 0) is 37.6 Å². The maximum absolute atomic E-state index is 5.98. The van der Waals surface area contributed by atoms with Crippen molar-refractivity contribution in [2.24, 2.45) is 0 Å². The predicted molar refractivity (Wildman–Crippen MR) is 90.1 cm³/mol. The highest BCUT2D eigenvalue weighted by Crippen LogP contribution is 2.32. The van der Waals surface area contributed by atoms with Gasteiger partial charge in [-0.25, -0.2) is 0 Å². The molecule has 0 fully saturated rings. The maximum Gasteiger partial charge on any atom is 0.119 e. The van der Waals surface area contributed by atoms with Gasteiger partial charge >= 0.3 is 0 Å². The van der Waals surface area contributed by atoms with Gasteiger partial charge in [-0.15, -0.1) is 11.3 Å². The minimum absolute atomic E-state index is 0.615. The van der Waals surface area contributed by atoms with E-state index < -0.39 is 0 Å². The third kappa shape index (κ3) is 3.09. The Morgan fingerprint density at radius 3 is 2.57 bits per heavy atom. The van der Waals surface area contributed by atoms with Gasteiger partial charge in [0.15, 0.2) is 0 Å². The topological polar surface area (TPSA) is 21.3 Å². The lowest BCUT2D eigenvalue weighted by molar-refractivity contribution is 0.307. The SMILES string of the molecule is CNCc1sc2ccccc2c1COc1ccc(C)cc1. The van der Waals surface area contributed by atoms with Crippen LogP contribution in [0.15, 0.2) is 48.5 Å². The lowest BCUT2D eigenvalue weighted by atomic mass is 10.1. The highest BCUT2D eigenvalue weighted by molar-refractivity contribution is 7.19. The summed E-state index contributed by atoms with van der Waals surface area (Å²) in [5, 5.41) is 4.55. The summed E-state index contributed by atoms with van der Waals surface area (Å²) in [4.78, 5) is 1.35. The van der Waals surface area contributed by atoms with Crippen molar-refractivity contribution in [3.63, 3.8) is 0 Å². The van der Waals surface area contributed by atoms with Crippen LogP contribution in [0.3, 0.4) is 0 Å². The molecule has 108 valence electrons. The van der Waals surface area contributed by atoms with Gasteiger partial charge in [0.05, 0.1) is 0 Å². The Labute approximate surface area is 129 Å². The molecule has 21 heavy (non-hydrogen) atoms. The molecule has 0 aliphatic rings. The molecule has 1 N–H and O–H groups in total. The molecular formula is C18H19NOS. The van der Waals surface area contributed by atoms with E-state index in [0.717, 1.165) is 12.3 Å². The monoisotopic (exact) mass is 297 g/mol. The molecule has 0 aliphatic carbocycles. The number of hydrogen-bond donors (Lipinski definition) is 1. The van der Waals surface area contributed by atoms with Gasteiger partial charge in [0.25, 0.3) is 0 Å². The van der Waals surface area contributed by atoms with Gasteiger partial charge in [-0.3, -0.25) is 0 Å². The highest BCUT2D eigenvalue weighted by atomic mass is 32.1. The molecule has 0 radical (unpaired) electrons. The van der Waals surface area contributed by atoms with Crippen LogP contribution in [0.2, 0.25) is 0 Å². The maximum atomic E-state index is 5.98. The second-order valence-electron chi connectivity index (χ2n) is 5.13. The highest BCUT2D eigenvalue weighted by Gasteiger charge is 2.11. The standard InChI is InChI=1S/C18H19NOS/c1-13-7-9-14(10-8-13)20-12-16-15-5-3-4-6-17(15)21-18(16)11-19-2/h3-10,19H,11-12H2,1-2H3. The molecule has 1 heterocycles. The van der Waals surface area contributed by atoms with E-state index in [4.69, 9.17) is 4.74 Å². The molecule has 0 bridgehead atoms. The summed E-state index contributed by atoms with van der Waals surface area (Å²) in [6.07, 6.45) is 0. The molecule has 2 nitrogen and oxygen atoms in total. The van der Waals surface area contributed by atoms with Crippen LogP contribution in [0.5, 0.6) is 5.75 Å². The predicted octanol–water partition coefficient (Wildman–Crippen LogP) is 4.51. The first-order chi connectivity index (χ1) is 10.3. The minimum Gasteiger partial charge on any atom is -0.489 e. The number of aryl methyl sites for hydroxylation is 1. The first-order valence-electron chi connectivity index (χ1n) is 7.11. The van der Waals surface area contributed by atoms with Crippen LogP contribution in [0.1, 0.15) is 16.0 Å². The van der Waals surface area contributed by atoms with E-state index in [0.29, 0.717) is 6.61 Å². The van der Waals surface area contributed by atoms with Crippen molar-refractivity contribution in [3.05, 3.63) is 64.5 Å². The summed E-state index contributed by atoms with van der Waals surface area (Å²) < 4.78 is 7.30. The summed E-state index contributed by atoms with van der Waals surface area (Å²) >= 11 is 1.84. The van der Waals surface area contributed by atoms with Gasteiger partial charge < -0.3 is 10.1 Å². The summed E-state index contributed by atoms with van der Waals surface area (Å²) in [6, 6.07) is 16.8. The fourth-order valence-corrected chi connectivity index (χ4v) is 3.62. The molecule has 0 aliphatic heterocycles. The van der Waals surface area contributed by atoms with E-state index in [1.807, 2.05) is 30.5 Å². The van der Waals surface area contributed by atoms with Gasteiger partial charge in [0.2, 0.25) is 0 Å². The second kappa shape index (κ2) is 6.29. The van der Waals surface area contributed by atoms with Crippen LogP contribution in [-0.2, 0) is 13.2 Å². The van der Waals surface area contributed by atoms with Gasteiger partial charge in [-0.1, -0.05) is 35.9 Å². The van der Waals surface area contributed by atoms with Crippen molar-refractivity contribution in [2.45, 2.75) is 20.1 Å². The third-order valence-electron chi connectivity index (χ3n) is 3.52. The van der Waals surface area contributed by atoms with Crippen LogP contribution in [0, 0.1) is 6.92 Å². The summed E-state index contributed by atoms with van der Waals surface area (Å²) in [5.74, 6) is 0.922. The van der Waals surface area contributed by atoms with Crippen LogP contribution in [0.4, 0.5) is 0 Å². The van der Waals surface area contributed by atoms with Gasteiger partial charge in [-0.2, -0.15) is 0 Å². The minimum atomic E-state index is 0.615. The normalized spacial score (nSPS) is 11.0. The zero-order valence-corrected chi connectivity index (χ0v) is 13.2. The number of fused-ring (bicyclic) bond motifs is 1. The Morgan fingerprint density at radius 2 is 1.81 bits per heavy atom. The van der Waals surface area contributed by atoms with E-state index in [-0.39, 0.29) is 0 Å². The van der Waals surface area contributed by atoms with Crippen LogP contribution < -0.4 is 10.1 Å². The fraction of sp³-hybridized carbons (Fsp3) is 0.222. The Morgan fingerprint density at radius 1 is 1.05 bits per heavy atom. The number of ether oxygens (including phenoxy) is 1. The third-order valence-corrected chi connectivity index (χ3v) is 4.74. The van der Waals surface area contributed by atoms with Crippen molar-refractivity contribution in [2.75, 3.05) is 7.05 Å². The molecule has 0 unspecified atom stereocenters. The average molecular weight is 297 g/mol. The molecule has 0 saturated heterocycles. The summed E-state index contributed by atoms with van der Waals surface area (Å²) in [5.41, 5.74) is 2.55. The molecular weight excluding hydrogens is 278 g/mol. The van der Waals surface area contributed by atoms with Crippen LogP contribution in [0.25, 0.3) is 10.1 Å². The van der Waals surface area contributed by atoms with Crippen molar-refractivity contribution < 1.29 is 4.74 Å². The Hall–Kier alpha value is -1.84. The van der Waals surface area contributed by atoms with Crippen molar-refractivity contribution in [1.29, 1.82) is 0 Å². The van der Waals surface area contributed by atoms with Crippen molar-refractivity contribution >= 4 is 21.4 Å². The van der Waals surface area contributed by atoms with E-state index >= 15 is 0 Å². The molecule has 0 saturated carbocycles. The molecule has 3 rings (SSSR count). The smallest absolute Gasteiger partial charge is 0.119 e. The fourth-order valence-electron chi connectivity index (χ4n) is 2.40. The van der Waals surface area contributed by atoms with Crippen LogP contribution >= 0.6 is 11.3 Å². The molecule has 1 aromatic heterocycles. The van der Waals surface area contributed by atoms with E-state index in [1.54, 1.807) is 0 Å². The number of thiophene rings is 1. The van der Waals surface area contributed by atoms with Crippen LogP contribution in [-0.4, -0.2) is 7.05 Å². The average Bonchev–Trinajstić information content (AvgIpc) is 2.85. The first-order valence-corrected chi connectivity index (χ1v) is 7.93. The zero-order chi connectivity index (χ0) is 14.7. The van der Waals surface area contributed by atoms with Gasteiger partial charge in [0.1, 0.15) is 12.4 Å². The molecule has 0 amide bonds. The second-order valence-corrected chi connectivity index (χ2v) is 6.27. The Bertz CT molecular complexity index is 731. The van der Waals surface area contributed by atoms with E-state index in [9.17, 15) is 0 Å². The van der Waals surface area contributed by atoms with Crippen molar-refractivity contribution in [1.82, 2.24) is 5.32 Å². The largest absolute Gasteiger partial charge is 0.489 e. The quantitative estimate of drug-likeness (QED) is 0.748. The number of nitrogens with one attached hydrogen (secondary N) is 1. The number of rotatable bonds is 5. The van der Waals surface area contributed by atoms with Crippen molar-refractivity contribution in [3.8, 4) is 5.75 Å². The van der Waals surface area contributed by atoms with E-state index in [2.05, 4.69) is 48.6 Å². The first kappa shape index (κ1) is 14.1. The molecule has 0 atom stereocenters. The summed E-state index contributed by atoms with van der Waals surface area (Å²) in [6.45, 7) is 3.58. The number of hydrogen-bond acceptors (Lipinski definition) is 3. The molecule has 3 heteroatoms. The number of benzene rings is 2.